The van der Waals surface area contributed by atoms with E-state index in [-0.39, 0.29) is 30.3 Å². The summed E-state index contributed by atoms with van der Waals surface area (Å²) >= 11 is 0. The molecule has 1 fully saturated rings. The number of carboxylic acids is 1. The van der Waals surface area contributed by atoms with Crippen LogP contribution in [0.2, 0.25) is 0 Å². The van der Waals surface area contributed by atoms with E-state index in [1.807, 2.05) is 26.0 Å². The molecule has 0 bridgehead atoms. The minimum absolute atomic E-state index is 0.0360. The highest BCUT2D eigenvalue weighted by atomic mass is 16.5. The van der Waals surface area contributed by atoms with E-state index in [0.717, 1.165) is 23.3 Å². The minimum Gasteiger partial charge on any atom is -0.489 e. The SMILES string of the molecule is CC#CCC(C)[C@@H](O)CC[C@@H]1[C@H]2c3cccc(CCCC(=O)O)c3O[C@H]2C[C@H]1O. The summed E-state index contributed by atoms with van der Waals surface area (Å²) in [5.41, 5.74) is 2.18. The minimum atomic E-state index is -0.781. The first kappa shape index (κ1) is 21.7. The van der Waals surface area contributed by atoms with E-state index in [1.165, 1.54) is 0 Å². The van der Waals surface area contributed by atoms with Crippen LogP contribution in [0.25, 0.3) is 0 Å². The number of carbonyl (C=O) groups is 1. The zero-order valence-electron chi connectivity index (χ0n) is 17.3. The average Bonchev–Trinajstić information content (AvgIpc) is 3.19. The molecule has 1 aliphatic heterocycles. The topological polar surface area (TPSA) is 87.0 Å². The van der Waals surface area contributed by atoms with Gasteiger partial charge in [-0.1, -0.05) is 25.1 Å². The fourth-order valence-corrected chi connectivity index (χ4v) is 4.83. The Bertz CT molecular complexity index is 777. The lowest BCUT2D eigenvalue weighted by atomic mass is 9.82. The largest absolute Gasteiger partial charge is 0.489 e. The van der Waals surface area contributed by atoms with E-state index in [0.29, 0.717) is 32.1 Å². The van der Waals surface area contributed by atoms with Crippen molar-refractivity contribution in [1.82, 2.24) is 0 Å². The maximum atomic E-state index is 10.8. The van der Waals surface area contributed by atoms with Gasteiger partial charge in [-0.3, -0.25) is 4.79 Å². The van der Waals surface area contributed by atoms with Crippen LogP contribution in [0.3, 0.4) is 0 Å². The number of hydrogen-bond acceptors (Lipinski definition) is 4. The van der Waals surface area contributed by atoms with Crippen LogP contribution < -0.4 is 4.74 Å². The van der Waals surface area contributed by atoms with Crippen molar-refractivity contribution in [2.45, 2.75) is 83.0 Å². The molecule has 158 valence electrons. The molecule has 1 heterocycles. The van der Waals surface area contributed by atoms with E-state index in [9.17, 15) is 15.0 Å². The van der Waals surface area contributed by atoms with Gasteiger partial charge < -0.3 is 20.1 Å². The zero-order valence-corrected chi connectivity index (χ0v) is 17.3. The molecule has 3 rings (SSSR count). The molecule has 1 aliphatic carbocycles. The second kappa shape index (κ2) is 9.65. The Kier molecular flexibility index (Phi) is 7.21. The van der Waals surface area contributed by atoms with Crippen LogP contribution in [-0.2, 0) is 11.2 Å². The van der Waals surface area contributed by atoms with Crippen molar-refractivity contribution >= 4 is 5.97 Å². The van der Waals surface area contributed by atoms with Crippen LogP contribution in [0, 0.1) is 23.7 Å². The molecule has 6 atom stereocenters. The van der Waals surface area contributed by atoms with Crippen LogP contribution in [0.5, 0.6) is 5.75 Å². The summed E-state index contributed by atoms with van der Waals surface area (Å²) in [6.45, 7) is 3.82. The summed E-state index contributed by atoms with van der Waals surface area (Å²) < 4.78 is 6.24. The highest BCUT2D eigenvalue weighted by Gasteiger charge is 2.49. The van der Waals surface area contributed by atoms with Gasteiger partial charge in [0.2, 0.25) is 0 Å². The van der Waals surface area contributed by atoms with Crippen LogP contribution >= 0.6 is 0 Å². The van der Waals surface area contributed by atoms with Gasteiger partial charge in [-0.25, -0.2) is 0 Å². The predicted molar refractivity (Wildman–Crippen MR) is 111 cm³/mol. The summed E-state index contributed by atoms with van der Waals surface area (Å²) in [7, 11) is 0. The Morgan fingerprint density at radius 1 is 1.38 bits per heavy atom. The number of hydrogen-bond donors (Lipinski definition) is 3. The number of para-hydroxylation sites is 1. The van der Waals surface area contributed by atoms with Crippen molar-refractivity contribution in [2.75, 3.05) is 0 Å². The molecule has 1 saturated carbocycles. The molecule has 29 heavy (non-hydrogen) atoms. The van der Waals surface area contributed by atoms with Crippen LogP contribution in [-0.4, -0.2) is 39.6 Å². The third kappa shape index (κ3) is 4.94. The standard InChI is InChI=1S/C24H32O5/c1-3-4-7-15(2)19(25)13-12-17-20(26)14-21-23(17)18-10-5-8-16(24(18)29-21)9-6-11-22(27)28/h5,8,10,15,17,19-21,23,25-26H,6-7,9,11-14H2,1-2H3,(H,27,28)/t15?,17-,19-,20+,21-,23-/m0/s1. The van der Waals surface area contributed by atoms with Gasteiger partial charge in [-0.05, 0) is 50.0 Å². The van der Waals surface area contributed by atoms with Crippen molar-refractivity contribution in [3.63, 3.8) is 0 Å². The summed E-state index contributed by atoms with van der Waals surface area (Å²) in [5.74, 6) is 6.33. The number of aryl methyl sites for hydroxylation is 1. The Morgan fingerprint density at radius 3 is 2.90 bits per heavy atom. The van der Waals surface area contributed by atoms with Gasteiger partial charge in [0.15, 0.2) is 0 Å². The zero-order chi connectivity index (χ0) is 21.0. The molecule has 1 aromatic carbocycles. The van der Waals surface area contributed by atoms with Crippen molar-refractivity contribution in [2.24, 2.45) is 11.8 Å². The van der Waals surface area contributed by atoms with E-state index >= 15 is 0 Å². The van der Waals surface area contributed by atoms with E-state index in [2.05, 4.69) is 17.9 Å². The summed E-state index contributed by atoms with van der Waals surface area (Å²) in [5, 5.41) is 30.0. The van der Waals surface area contributed by atoms with Gasteiger partial charge in [0, 0.05) is 30.7 Å². The molecular formula is C24H32O5. The second-order valence-corrected chi connectivity index (χ2v) is 8.48. The van der Waals surface area contributed by atoms with E-state index in [4.69, 9.17) is 9.84 Å². The molecule has 0 spiro atoms. The fraction of sp³-hybridized carbons (Fsp3) is 0.625. The molecule has 0 radical (unpaired) electrons. The molecule has 3 N–H and O–H groups in total. The number of ether oxygens (including phenoxy) is 1. The Hall–Kier alpha value is -2.03. The molecule has 1 aromatic rings. The quantitative estimate of drug-likeness (QED) is 0.552. The van der Waals surface area contributed by atoms with Crippen molar-refractivity contribution in [3.8, 4) is 17.6 Å². The molecule has 0 amide bonds. The van der Waals surface area contributed by atoms with Gasteiger partial charge in [-0.15, -0.1) is 11.8 Å². The second-order valence-electron chi connectivity index (χ2n) is 8.48. The van der Waals surface area contributed by atoms with Gasteiger partial charge in [-0.2, -0.15) is 0 Å². The van der Waals surface area contributed by atoms with Gasteiger partial charge >= 0.3 is 5.97 Å². The molecule has 2 aliphatic rings. The van der Waals surface area contributed by atoms with Crippen molar-refractivity contribution in [3.05, 3.63) is 29.3 Å². The Balaban J connectivity index is 1.68. The monoisotopic (exact) mass is 400 g/mol. The molecule has 0 saturated heterocycles. The number of aliphatic hydroxyl groups excluding tert-OH is 2. The number of fused-ring (bicyclic) bond motifs is 3. The first-order valence-electron chi connectivity index (χ1n) is 10.7. The Morgan fingerprint density at radius 2 is 2.17 bits per heavy atom. The molecule has 5 nitrogen and oxygen atoms in total. The number of aliphatic carboxylic acids is 1. The van der Waals surface area contributed by atoms with Crippen LogP contribution in [0.15, 0.2) is 18.2 Å². The summed E-state index contributed by atoms with van der Waals surface area (Å²) in [6, 6.07) is 6.08. The lowest BCUT2D eigenvalue weighted by Crippen LogP contribution is -2.23. The summed E-state index contributed by atoms with van der Waals surface area (Å²) in [4.78, 5) is 10.8. The highest BCUT2D eigenvalue weighted by molar-refractivity contribution is 5.66. The van der Waals surface area contributed by atoms with E-state index < -0.39 is 18.2 Å². The molecule has 5 heteroatoms. The third-order valence-electron chi connectivity index (χ3n) is 6.48. The molecular weight excluding hydrogens is 368 g/mol. The van der Waals surface area contributed by atoms with Crippen LogP contribution in [0.4, 0.5) is 0 Å². The number of aliphatic hydroxyl groups is 2. The van der Waals surface area contributed by atoms with Crippen molar-refractivity contribution < 1.29 is 24.9 Å². The lowest BCUT2D eigenvalue weighted by molar-refractivity contribution is -0.137. The van der Waals surface area contributed by atoms with Crippen LogP contribution in [0.1, 0.15) is 69.4 Å². The van der Waals surface area contributed by atoms with E-state index in [1.54, 1.807) is 0 Å². The normalized spacial score (nSPS) is 26.6. The smallest absolute Gasteiger partial charge is 0.303 e. The summed E-state index contributed by atoms with van der Waals surface area (Å²) in [6.07, 6.45) is 3.21. The van der Waals surface area contributed by atoms with Gasteiger partial charge in [0.25, 0.3) is 0 Å². The third-order valence-corrected chi connectivity index (χ3v) is 6.48. The molecule has 1 unspecified atom stereocenters. The maximum absolute atomic E-state index is 10.8. The highest BCUT2D eigenvalue weighted by Crippen LogP contribution is 2.53. The predicted octanol–water partition coefficient (Wildman–Crippen LogP) is 3.51. The maximum Gasteiger partial charge on any atom is 0.303 e. The fourth-order valence-electron chi connectivity index (χ4n) is 4.83. The first-order valence-corrected chi connectivity index (χ1v) is 10.7. The lowest BCUT2D eigenvalue weighted by Gasteiger charge is -2.24. The van der Waals surface area contributed by atoms with Gasteiger partial charge in [0.05, 0.1) is 12.2 Å². The number of rotatable bonds is 9. The molecule has 0 aromatic heterocycles. The van der Waals surface area contributed by atoms with Gasteiger partial charge in [0.1, 0.15) is 11.9 Å². The van der Waals surface area contributed by atoms with Crippen molar-refractivity contribution in [1.29, 1.82) is 0 Å². The number of benzene rings is 1. The average molecular weight is 401 g/mol. The number of carboxylic acid groups (broad SMARTS) is 1. The first-order chi connectivity index (χ1) is 13.9. The Labute approximate surface area is 173 Å².